The Morgan fingerprint density at radius 2 is 1.91 bits per heavy atom. The number of esters is 1. The van der Waals surface area contributed by atoms with Crippen molar-refractivity contribution in [3.8, 4) is 5.75 Å². The molecular formula is C14H17F2NO5. The number of nitrogens with two attached hydrogens (primary N) is 1. The van der Waals surface area contributed by atoms with Gasteiger partial charge in [-0.05, 0) is 13.8 Å². The maximum Gasteiger partial charge on any atom is 0.338 e. The first-order valence-corrected chi connectivity index (χ1v) is 6.46. The first kappa shape index (κ1) is 17.8. The highest BCUT2D eigenvalue weighted by Gasteiger charge is 2.29. The summed E-state index contributed by atoms with van der Waals surface area (Å²) in [7, 11) is 1.13. The van der Waals surface area contributed by atoms with E-state index < -0.39 is 47.3 Å². The second kappa shape index (κ2) is 7.17. The lowest BCUT2D eigenvalue weighted by atomic mass is 9.94. The number of hydrogen-bond donors (Lipinski definition) is 2. The smallest absolute Gasteiger partial charge is 0.338 e. The maximum atomic E-state index is 14.2. The van der Waals surface area contributed by atoms with E-state index in [-0.39, 0.29) is 17.7 Å². The van der Waals surface area contributed by atoms with E-state index in [4.69, 9.17) is 20.3 Å². The summed E-state index contributed by atoms with van der Waals surface area (Å²) >= 11 is 0. The molecule has 1 aromatic carbocycles. The minimum absolute atomic E-state index is 0.0179. The average molecular weight is 317 g/mol. The molecule has 8 heteroatoms. The van der Waals surface area contributed by atoms with E-state index in [9.17, 15) is 18.4 Å². The molecule has 6 nitrogen and oxygen atoms in total. The van der Waals surface area contributed by atoms with Gasteiger partial charge in [0.25, 0.3) is 0 Å². The lowest BCUT2D eigenvalue weighted by molar-refractivity contribution is -0.138. The van der Waals surface area contributed by atoms with Gasteiger partial charge in [0.15, 0.2) is 11.6 Å². The third kappa shape index (κ3) is 3.33. The van der Waals surface area contributed by atoms with Crippen molar-refractivity contribution in [1.29, 1.82) is 0 Å². The Morgan fingerprint density at radius 3 is 2.36 bits per heavy atom. The van der Waals surface area contributed by atoms with Gasteiger partial charge in [-0.2, -0.15) is 4.39 Å². The Morgan fingerprint density at radius 1 is 1.32 bits per heavy atom. The van der Waals surface area contributed by atoms with E-state index in [1.807, 2.05) is 0 Å². The van der Waals surface area contributed by atoms with Gasteiger partial charge in [0.1, 0.15) is 6.04 Å². The van der Waals surface area contributed by atoms with Gasteiger partial charge in [0, 0.05) is 17.5 Å². The van der Waals surface area contributed by atoms with Crippen molar-refractivity contribution in [3.05, 3.63) is 28.3 Å². The van der Waals surface area contributed by atoms with Gasteiger partial charge in [-0.1, -0.05) is 0 Å². The fraction of sp³-hybridized carbons (Fsp3) is 0.429. The Kier molecular flexibility index (Phi) is 5.81. The zero-order valence-electron chi connectivity index (χ0n) is 12.4. The zero-order chi connectivity index (χ0) is 17.0. The number of carbonyl (C=O) groups is 2. The number of carboxylic acids is 1. The summed E-state index contributed by atoms with van der Waals surface area (Å²) in [6, 6.07) is -1.49. The van der Waals surface area contributed by atoms with Crippen LogP contribution in [-0.4, -0.2) is 36.8 Å². The number of carbonyl (C=O) groups excluding carboxylic acids is 1. The van der Waals surface area contributed by atoms with Crippen molar-refractivity contribution in [2.24, 2.45) is 5.73 Å². The van der Waals surface area contributed by atoms with E-state index in [2.05, 4.69) is 0 Å². The number of hydrogen-bond acceptors (Lipinski definition) is 5. The minimum Gasteiger partial charge on any atom is -0.493 e. The third-order valence-electron chi connectivity index (χ3n) is 3.10. The van der Waals surface area contributed by atoms with Gasteiger partial charge in [-0.15, -0.1) is 0 Å². The molecular weight excluding hydrogens is 300 g/mol. The number of rotatable bonds is 6. The normalized spacial score (nSPS) is 11.9. The Labute approximate surface area is 125 Å². The summed E-state index contributed by atoms with van der Waals surface area (Å²) in [5.74, 6) is -5.41. The number of ether oxygens (including phenoxy) is 2. The molecule has 1 aromatic rings. The lowest BCUT2D eigenvalue weighted by Gasteiger charge is -2.18. The summed E-state index contributed by atoms with van der Waals surface area (Å²) in [4.78, 5) is 22.8. The Bertz CT molecular complexity index is 604. The second-order valence-electron chi connectivity index (χ2n) is 4.51. The van der Waals surface area contributed by atoms with Crippen LogP contribution in [0.15, 0.2) is 0 Å². The molecule has 1 unspecified atom stereocenters. The third-order valence-corrected chi connectivity index (χ3v) is 3.10. The van der Waals surface area contributed by atoms with Gasteiger partial charge in [-0.3, -0.25) is 4.79 Å². The zero-order valence-corrected chi connectivity index (χ0v) is 12.4. The van der Waals surface area contributed by atoms with E-state index in [1.165, 1.54) is 6.92 Å². The number of halogens is 2. The van der Waals surface area contributed by atoms with E-state index >= 15 is 0 Å². The molecule has 0 amide bonds. The molecule has 1 atom stereocenters. The van der Waals surface area contributed by atoms with Crippen molar-refractivity contribution < 1.29 is 33.0 Å². The van der Waals surface area contributed by atoms with Crippen LogP contribution in [0.1, 0.15) is 28.4 Å². The van der Waals surface area contributed by atoms with Gasteiger partial charge in [0.05, 0.1) is 19.3 Å². The van der Waals surface area contributed by atoms with E-state index in [1.54, 1.807) is 6.92 Å². The molecule has 0 aliphatic rings. The number of aliphatic carboxylic acids is 1. The summed E-state index contributed by atoms with van der Waals surface area (Å²) in [6.45, 7) is 2.92. The van der Waals surface area contributed by atoms with E-state index in [0.717, 1.165) is 7.11 Å². The summed E-state index contributed by atoms with van der Waals surface area (Å²) in [5, 5.41) is 8.82. The van der Waals surface area contributed by atoms with Crippen LogP contribution in [-0.2, 0) is 16.0 Å². The van der Waals surface area contributed by atoms with Crippen LogP contribution in [0.25, 0.3) is 0 Å². The minimum atomic E-state index is -1.49. The monoisotopic (exact) mass is 317 g/mol. The van der Waals surface area contributed by atoms with Crippen LogP contribution < -0.4 is 10.5 Å². The van der Waals surface area contributed by atoms with Crippen LogP contribution in [0.4, 0.5) is 8.78 Å². The fourth-order valence-electron chi connectivity index (χ4n) is 2.07. The Balaban J connectivity index is 3.57. The molecule has 0 saturated heterocycles. The number of carboxylic acid groups (broad SMARTS) is 1. The highest BCUT2D eigenvalue weighted by atomic mass is 19.2. The predicted octanol–water partition coefficient (Wildman–Crippen LogP) is 1.41. The topological polar surface area (TPSA) is 98.9 Å². The van der Waals surface area contributed by atoms with Crippen molar-refractivity contribution in [3.63, 3.8) is 0 Å². The lowest BCUT2D eigenvalue weighted by Crippen LogP contribution is -2.33. The predicted molar refractivity (Wildman–Crippen MR) is 72.9 cm³/mol. The van der Waals surface area contributed by atoms with E-state index in [0.29, 0.717) is 0 Å². The number of benzene rings is 1. The highest BCUT2D eigenvalue weighted by molar-refractivity contribution is 5.94. The first-order valence-electron chi connectivity index (χ1n) is 6.46. The molecule has 0 heterocycles. The molecule has 0 spiro atoms. The van der Waals surface area contributed by atoms with Crippen molar-refractivity contribution >= 4 is 11.9 Å². The van der Waals surface area contributed by atoms with Crippen LogP contribution >= 0.6 is 0 Å². The Hall–Kier alpha value is -2.22. The molecule has 0 aliphatic heterocycles. The van der Waals surface area contributed by atoms with Gasteiger partial charge in [0.2, 0.25) is 5.82 Å². The van der Waals surface area contributed by atoms with Crippen LogP contribution in [0.3, 0.4) is 0 Å². The van der Waals surface area contributed by atoms with Crippen LogP contribution in [0, 0.1) is 18.6 Å². The molecule has 0 aromatic heterocycles. The van der Waals surface area contributed by atoms with Gasteiger partial charge >= 0.3 is 11.9 Å². The summed E-state index contributed by atoms with van der Waals surface area (Å²) in [6.07, 6.45) is -0.558. The maximum absolute atomic E-state index is 14.2. The van der Waals surface area contributed by atoms with Gasteiger partial charge < -0.3 is 20.3 Å². The quantitative estimate of drug-likeness (QED) is 0.770. The molecule has 122 valence electrons. The van der Waals surface area contributed by atoms with Gasteiger partial charge in [-0.25, -0.2) is 9.18 Å². The SMILES string of the molecule is CCOC(=O)c1c(C)c(OC)c(F)c(F)c1CC(N)C(=O)O. The van der Waals surface area contributed by atoms with Crippen molar-refractivity contribution in [2.45, 2.75) is 26.3 Å². The highest BCUT2D eigenvalue weighted by Crippen LogP contribution is 2.32. The summed E-state index contributed by atoms with van der Waals surface area (Å²) < 4.78 is 37.7. The fourth-order valence-corrected chi connectivity index (χ4v) is 2.07. The number of methoxy groups -OCH3 is 1. The molecule has 22 heavy (non-hydrogen) atoms. The molecule has 3 N–H and O–H groups in total. The molecule has 0 saturated carbocycles. The first-order chi connectivity index (χ1) is 10.3. The van der Waals surface area contributed by atoms with Crippen molar-refractivity contribution in [1.82, 2.24) is 0 Å². The largest absolute Gasteiger partial charge is 0.493 e. The summed E-state index contributed by atoms with van der Waals surface area (Å²) in [5.41, 5.74) is 4.67. The van der Waals surface area contributed by atoms with Crippen LogP contribution in [0.5, 0.6) is 5.75 Å². The molecule has 0 fully saturated rings. The second-order valence-corrected chi connectivity index (χ2v) is 4.51. The van der Waals surface area contributed by atoms with Crippen LogP contribution in [0.2, 0.25) is 0 Å². The molecule has 0 bridgehead atoms. The standard InChI is InChI=1S/C14H17F2NO5/c1-4-22-14(20)9-6(2)12(21-3)11(16)10(15)7(9)5-8(17)13(18)19/h8H,4-5,17H2,1-3H3,(H,18,19). The molecule has 0 radical (unpaired) electrons. The average Bonchev–Trinajstić information content (AvgIpc) is 2.45. The molecule has 1 rings (SSSR count). The van der Waals surface area contributed by atoms with Crippen molar-refractivity contribution in [2.75, 3.05) is 13.7 Å². The molecule has 0 aliphatic carbocycles.